The molecule has 1 aromatic carbocycles. The Morgan fingerprint density at radius 2 is 2.09 bits per heavy atom. The van der Waals surface area contributed by atoms with E-state index in [1.54, 1.807) is 6.07 Å². The number of aromatic nitrogens is 2. The summed E-state index contributed by atoms with van der Waals surface area (Å²) in [6, 6.07) is 10.5. The quantitative estimate of drug-likeness (QED) is 0.898. The Hall–Kier alpha value is -2.34. The highest BCUT2D eigenvalue weighted by Gasteiger charge is 2.28. The number of nitrogens with zero attached hydrogens (tertiary/aromatic N) is 2. The predicted octanol–water partition coefficient (Wildman–Crippen LogP) is 1.46. The first kappa shape index (κ1) is 14.3. The molecule has 1 saturated heterocycles. The molecule has 2 N–H and O–H groups in total. The first-order chi connectivity index (χ1) is 11.3. The van der Waals surface area contributed by atoms with E-state index in [0.717, 1.165) is 37.5 Å². The van der Waals surface area contributed by atoms with Crippen LogP contribution in [0.3, 0.4) is 0 Å². The molecule has 0 spiro atoms. The van der Waals surface area contributed by atoms with Gasteiger partial charge in [0.15, 0.2) is 0 Å². The second-order valence-electron chi connectivity index (χ2n) is 6.10. The van der Waals surface area contributed by atoms with Crippen LogP contribution in [0.1, 0.15) is 24.4 Å². The van der Waals surface area contributed by atoms with Gasteiger partial charge in [-0.25, -0.2) is 4.98 Å². The minimum atomic E-state index is -0.102. The second-order valence-corrected chi connectivity index (χ2v) is 6.10. The summed E-state index contributed by atoms with van der Waals surface area (Å²) in [7, 11) is 0. The van der Waals surface area contributed by atoms with Crippen molar-refractivity contribution in [2.24, 2.45) is 0 Å². The number of hydrogen-bond acceptors (Lipinski definition) is 5. The zero-order valence-electron chi connectivity index (χ0n) is 12.9. The maximum atomic E-state index is 11.4. The summed E-state index contributed by atoms with van der Waals surface area (Å²) < 4.78 is 5.74. The summed E-state index contributed by atoms with van der Waals surface area (Å²) in [6.07, 6.45) is 3.54. The molecule has 6 nitrogen and oxygen atoms in total. The van der Waals surface area contributed by atoms with Gasteiger partial charge in [-0.1, -0.05) is 18.2 Å². The Morgan fingerprint density at radius 3 is 2.91 bits per heavy atom. The van der Waals surface area contributed by atoms with E-state index in [9.17, 15) is 4.79 Å². The lowest BCUT2D eigenvalue weighted by Gasteiger charge is -2.34. The van der Waals surface area contributed by atoms with Gasteiger partial charge in [0, 0.05) is 30.8 Å². The third kappa shape index (κ3) is 2.94. The molecule has 1 atom stereocenters. The standard InChI is InChI=1S/C17H20N4O2/c22-17-9-16(18-11-19-17)21-7-5-12(6-8-21)20-14-10-23-15-4-2-1-3-13(14)15/h1-4,9,11-12,14,20H,5-8,10H2,(H,18,19,22). The molecule has 2 aliphatic rings. The number of nitrogens with one attached hydrogen (secondary N) is 2. The smallest absolute Gasteiger partial charge is 0.252 e. The Morgan fingerprint density at radius 1 is 1.26 bits per heavy atom. The molecule has 4 rings (SSSR count). The van der Waals surface area contributed by atoms with E-state index >= 15 is 0 Å². The highest BCUT2D eigenvalue weighted by molar-refractivity contribution is 5.39. The van der Waals surface area contributed by atoms with Crippen molar-refractivity contribution in [2.75, 3.05) is 24.6 Å². The minimum absolute atomic E-state index is 0.102. The van der Waals surface area contributed by atoms with Crippen molar-refractivity contribution in [3.63, 3.8) is 0 Å². The molecule has 0 saturated carbocycles. The van der Waals surface area contributed by atoms with Gasteiger partial charge in [0.05, 0.1) is 12.4 Å². The van der Waals surface area contributed by atoms with Gasteiger partial charge in [0.1, 0.15) is 18.2 Å². The van der Waals surface area contributed by atoms with Crippen LogP contribution in [0.25, 0.3) is 0 Å². The largest absolute Gasteiger partial charge is 0.491 e. The Balaban J connectivity index is 1.37. The van der Waals surface area contributed by atoms with Crippen LogP contribution >= 0.6 is 0 Å². The molecule has 120 valence electrons. The molecule has 3 heterocycles. The summed E-state index contributed by atoms with van der Waals surface area (Å²) in [5, 5.41) is 3.72. The number of para-hydroxylation sites is 1. The normalized spacial score (nSPS) is 21.0. The van der Waals surface area contributed by atoms with Gasteiger partial charge < -0.3 is 19.9 Å². The molecule has 0 amide bonds. The Labute approximate surface area is 134 Å². The Bertz CT molecular complexity index is 737. The lowest BCUT2D eigenvalue weighted by Crippen LogP contribution is -2.44. The molecular formula is C17H20N4O2. The van der Waals surface area contributed by atoms with Crippen molar-refractivity contribution in [2.45, 2.75) is 24.9 Å². The second kappa shape index (κ2) is 6.04. The lowest BCUT2D eigenvalue weighted by atomic mass is 10.0. The summed E-state index contributed by atoms with van der Waals surface area (Å²) in [6.45, 7) is 2.52. The van der Waals surface area contributed by atoms with Crippen LogP contribution in [0, 0.1) is 0 Å². The van der Waals surface area contributed by atoms with E-state index in [4.69, 9.17) is 4.74 Å². The molecule has 6 heteroatoms. The van der Waals surface area contributed by atoms with Crippen molar-refractivity contribution >= 4 is 5.82 Å². The number of ether oxygens (including phenoxy) is 1. The zero-order chi connectivity index (χ0) is 15.6. The van der Waals surface area contributed by atoms with Crippen LogP contribution in [-0.4, -0.2) is 35.7 Å². The Kier molecular flexibility index (Phi) is 3.75. The average Bonchev–Trinajstić information content (AvgIpc) is 2.99. The minimum Gasteiger partial charge on any atom is -0.491 e. The zero-order valence-corrected chi connectivity index (χ0v) is 12.9. The number of piperidine rings is 1. The fourth-order valence-electron chi connectivity index (χ4n) is 3.39. The molecule has 1 unspecified atom stereocenters. The molecule has 1 fully saturated rings. The van der Waals surface area contributed by atoms with Gasteiger partial charge in [-0.2, -0.15) is 0 Å². The third-order valence-corrected chi connectivity index (χ3v) is 4.62. The number of benzene rings is 1. The van der Waals surface area contributed by atoms with Crippen molar-refractivity contribution in [3.05, 3.63) is 52.6 Å². The maximum Gasteiger partial charge on any atom is 0.252 e. The van der Waals surface area contributed by atoms with Crippen molar-refractivity contribution < 1.29 is 4.74 Å². The van der Waals surface area contributed by atoms with E-state index in [1.165, 1.54) is 11.9 Å². The molecule has 1 aromatic heterocycles. The van der Waals surface area contributed by atoms with Crippen LogP contribution < -0.4 is 20.5 Å². The highest BCUT2D eigenvalue weighted by atomic mass is 16.5. The number of anilines is 1. The molecular weight excluding hydrogens is 292 g/mol. The topological polar surface area (TPSA) is 70.2 Å². The van der Waals surface area contributed by atoms with Gasteiger partial charge in [0.2, 0.25) is 0 Å². The van der Waals surface area contributed by atoms with Crippen molar-refractivity contribution in [1.82, 2.24) is 15.3 Å². The van der Waals surface area contributed by atoms with Crippen LogP contribution in [-0.2, 0) is 0 Å². The predicted molar refractivity (Wildman–Crippen MR) is 87.9 cm³/mol. The molecule has 2 aliphatic heterocycles. The number of H-pyrrole nitrogens is 1. The third-order valence-electron chi connectivity index (χ3n) is 4.62. The van der Waals surface area contributed by atoms with E-state index in [2.05, 4.69) is 32.3 Å². The number of aromatic amines is 1. The van der Waals surface area contributed by atoms with Gasteiger partial charge in [-0.15, -0.1) is 0 Å². The summed E-state index contributed by atoms with van der Waals surface area (Å²) in [5.41, 5.74) is 1.15. The molecule has 0 radical (unpaired) electrons. The number of fused-ring (bicyclic) bond motifs is 1. The maximum absolute atomic E-state index is 11.4. The molecule has 0 aliphatic carbocycles. The van der Waals surface area contributed by atoms with Crippen molar-refractivity contribution in [3.8, 4) is 5.75 Å². The lowest BCUT2D eigenvalue weighted by molar-refractivity contribution is 0.284. The van der Waals surface area contributed by atoms with E-state index < -0.39 is 0 Å². The fourth-order valence-corrected chi connectivity index (χ4v) is 3.39. The first-order valence-electron chi connectivity index (χ1n) is 8.07. The summed E-state index contributed by atoms with van der Waals surface area (Å²) in [5.74, 6) is 1.76. The van der Waals surface area contributed by atoms with Gasteiger partial charge in [-0.3, -0.25) is 4.79 Å². The first-order valence-corrected chi connectivity index (χ1v) is 8.07. The van der Waals surface area contributed by atoms with E-state index in [0.29, 0.717) is 12.6 Å². The highest BCUT2D eigenvalue weighted by Crippen LogP contribution is 2.32. The van der Waals surface area contributed by atoms with E-state index in [1.807, 2.05) is 12.1 Å². The van der Waals surface area contributed by atoms with E-state index in [-0.39, 0.29) is 11.6 Å². The van der Waals surface area contributed by atoms with Gasteiger partial charge >= 0.3 is 0 Å². The summed E-state index contributed by atoms with van der Waals surface area (Å²) in [4.78, 5) is 20.4. The SMILES string of the molecule is O=c1cc(N2CCC(NC3COc4ccccc43)CC2)nc[nH]1. The van der Waals surface area contributed by atoms with Crippen LogP contribution in [0.5, 0.6) is 5.75 Å². The summed E-state index contributed by atoms with van der Waals surface area (Å²) >= 11 is 0. The van der Waals surface area contributed by atoms with Gasteiger partial charge in [0.25, 0.3) is 5.56 Å². The monoisotopic (exact) mass is 312 g/mol. The molecule has 2 aromatic rings. The molecule has 0 bridgehead atoms. The molecule has 23 heavy (non-hydrogen) atoms. The van der Waals surface area contributed by atoms with Crippen molar-refractivity contribution in [1.29, 1.82) is 0 Å². The van der Waals surface area contributed by atoms with Crippen LogP contribution in [0.2, 0.25) is 0 Å². The fraction of sp³-hybridized carbons (Fsp3) is 0.412. The van der Waals surface area contributed by atoms with Gasteiger partial charge in [-0.05, 0) is 18.9 Å². The number of rotatable bonds is 3. The average molecular weight is 312 g/mol. The van der Waals surface area contributed by atoms with Crippen LogP contribution in [0.4, 0.5) is 5.82 Å². The number of hydrogen-bond donors (Lipinski definition) is 2. The van der Waals surface area contributed by atoms with Crippen LogP contribution in [0.15, 0.2) is 41.5 Å².